The van der Waals surface area contributed by atoms with E-state index in [4.69, 9.17) is 37.0 Å². The number of esters is 4. The van der Waals surface area contributed by atoms with Crippen molar-refractivity contribution in [1.29, 1.82) is 0 Å². The first-order chi connectivity index (χ1) is 49.7. The van der Waals surface area contributed by atoms with Crippen LogP contribution in [0.2, 0.25) is 0 Å². The zero-order valence-electron chi connectivity index (χ0n) is 62.4. The van der Waals surface area contributed by atoms with Crippen molar-refractivity contribution < 1.29 is 80.2 Å². The lowest BCUT2D eigenvalue weighted by Gasteiger charge is -2.21. The Bertz CT molecular complexity index is 2700. The molecule has 0 bridgehead atoms. The summed E-state index contributed by atoms with van der Waals surface area (Å²) in [7, 11) is -10.0. The van der Waals surface area contributed by atoms with Crippen LogP contribution < -0.4 is 0 Å². The zero-order valence-corrected chi connectivity index (χ0v) is 64.2. The third-order valence-corrected chi connectivity index (χ3v) is 16.4. The summed E-state index contributed by atoms with van der Waals surface area (Å²) >= 11 is 0. The summed E-state index contributed by atoms with van der Waals surface area (Å²) in [6.07, 6.45) is 88.7. The molecule has 17 nitrogen and oxygen atoms in total. The minimum atomic E-state index is -5.01. The molecule has 0 spiro atoms. The average Bonchev–Trinajstić information content (AvgIpc) is 0.923. The quantitative estimate of drug-likeness (QED) is 0.0169. The molecule has 0 aromatic rings. The van der Waals surface area contributed by atoms with Crippen LogP contribution in [0.15, 0.2) is 194 Å². The average molecular weight is 1460 g/mol. The molecule has 0 amide bonds. The van der Waals surface area contributed by atoms with E-state index in [1.54, 1.807) is 0 Å². The number of unbranched alkanes of at least 4 members (excludes halogenated alkanes) is 10. The summed E-state index contributed by atoms with van der Waals surface area (Å²) < 4.78 is 68.3. The summed E-state index contributed by atoms with van der Waals surface area (Å²) in [4.78, 5) is 72.9. The van der Waals surface area contributed by atoms with Crippen molar-refractivity contribution in [1.82, 2.24) is 0 Å². The van der Waals surface area contributed by atoms with Crippen LogP contribution in [0.1, 0.15) is 246 Å². The van der Waals surface area contributed by atoms with E-state index in [2.05, 4.69) is 204 Å². The van der Waals surface area contributed by atoms with Gasteiger partial charge >= 0.3 is 39.5 Å². The lowest BCUT2D eigenvalue weighted by Crippen LogP contribution is -2.30. The molecule has 19 heteroatoms. The maximum atomic E-state index is 13.1. The van der Waals surface area contributed by atoms with E-state index in [-0.39, 0.29) is 25.7 Å². The molecular weight excluding hydrogens is 1330 g/mol. The van der Waals surface area contributed by atoms with Gasteiger partial charge in [0, 0.05) is 25.7 Å². The monoisotopic (exact) mass is 1460 g/mol. The standard InChI is InChI=1S/C83H130O17P2/c1-5-9-13-17-21-25-29-33-37-38-42-44-48-52-56-60-64-68-81(86)94-74-79(100-83(88)70-66-62-58-54-50-46-41-36-32-28-24-20-16-12-8-4)76-98-102(91,92)96-72-77(84)71-95-101(89,90)97-75-78(99-82(87)69-65-61-57-53-49-45-40-35-31-27-23-19-15-11-7-3)73-93-80(85)67-63-59-55-51-47-43-39-34-30-26-22-18-14-10-6-2/h9-16,21-28,33-37,39-42,44,47,50-52,54,56,77-79,84H,5-8,17-20,29-32,38,43,45-46,48-49,53,55,57-76H2,1-4H3,(H,89,90)(H,91,92)/b13-9-,14-10-,15-11-,16-12-,25-21-,26-22-,27-23-,28-24-,37-33-,39-34-,40-35-,41-36-,44-42-,51-47-,54-50-,56-52-. The Hall–Kier alpha value is -6.10. The van der Waals surface area contributed by atoms with E-state index >= 15 is 0 Å². The van der Waals surface area contributed by atoms with E-state index in [9.17, 15) is 43.2 Å². The molecule has 0 aliphatic heterocycles. The number of ether oxygens (including phenoxy) is 4. The van der Waals surface area contributed by atoms with Crippen LogP contribution in [0, 0.1) is 0 Å². The van der Waals surface area contributed by atoms with Gasteiger partial charge in [0.2, 0.25) is 0 Å². The van der Waals surface area contributed by atoms with Crippen molar-refractivity contribution in [3.05, 3.63) is 194 Å². The molecule has 0 radical (unpaired) electrons. The number of carbonyl (C=O) groups is 4. The number of phosphoric ester groups is 2. The molecule has 0 heterocycles. The van der Waals surface area contributed by atoms with Crippen LogP contribution >= 0.6 is 15.6 Å². The molecule has 0 rings (SSSR count). The molecule has 0 saturated heterocycles. The molecule has 102 heavy (non-hydrogen) atoms. The first-order valence-corrected chi connectivity index (χ1v) is 40.7. The number of aliphatic hydroxyl groups is 1. The summed E-state index contributed by atoms with van der Waals surface area (Å²) in [5.41, 5.74) is 0. The maximum absolute atomic E-state index is 13.1. The van der Waals surface area contributed by atoms with Crippen molar-refractivity contribution in [2.45, 2.75) is 264 Å². The van der Waals surface area contributed by atoms with Crippen LogP contribution in [0.3, 0.4) is 0 Å². The Labute approximate surface area is 615 Å². The molecule has 0 aliphatic carbocycles. The van der Waals surface area contributed by atoms with Gasteiger partial charge in [0.25, 0.3) is 0 Å². The molecule has 5 atom stereocenters. The second-order valence-corrected chi connectivity index (χ2v) is 27.0. The molecule has 3 N–H and O–H groups in total. The second kappa shape index (κ2) is 73.2. The Kier molecular flexibility index (Phi) is 68.8. The Morgan fingerprint density at radius 3 is 0.794 bits per heavy atom. The first kappa shape index (κ1) is 95.9. The van der Waals surface area contributed by atoms with Gasteiger partial charge < -0.3 is 33.8 Å². The lowest BCUT2D eigenvalue weighted by molar-refractivity contribution is -0.161. The van der Waals surface area contributed by atoms with Crippen molar-refractivity contribution in [3.8, 4) is 0 Å². The molecule has 0 aromatic carbocycles. The minimum Gasteiger partial charge on any atom is -0.462 e. The van der Waals surface area contributed by atoms with Gasteiger partial charge in [0.05, 0.1) is 26.4 Å². The fourth-order valence-corrected chi connectivity index (χ4v) is 10.5. The van der Waals surface area contributed by atoms with E-state index in [1.807, 2.05) is 18.2 Å². The van der Waals surface area contributed by atoms with Gasteiger partial charge in [-0.15, -0.1) is 0 Å². The zero-order chi connectivity index (χ0) is 74.6. The Balaban J connectivity index is 5.52. The van der Waals surface area contributed by atoms with E-state index in [1.165, 1.54) is 0 Å². The van der Waals surface area contributed by atoms with E-state index in [0.717, 1.165) is 154 Å². The highest BCUT2D eigenvalue weighted by molar-refractivity contribution is 7.47. The molecule has 5 unspecified atom stereocenters. The Morgan fingerprint density at radius 1 is 0.275 bits per heavy atom. The molecule has 0 aliphatic rings. The summed E-state index contributed by atoms with van der Waals surface area (Å²) in [5, 5.41) is 10.6. The van der Waals surface area contributed by atoms with Gasteiger partial charge in [0.15, 0.2) is 12.2 Å². The van der Waals surface area contributed by atoms with Gasteiger partial charge in [0.1, 0.15) is 19.3 Å². The van der Waals surface area contributed by atoms with Crippen LogP contribution in [0.5, 0.6) is 0 Å². The van der Waals surface area contributed by atoms with Gasteiger partial charge in [-0.2, -0.15) is 0 Å². The summed E-state index contributed by atoms with van der Waals surface area (Å²) in [6, 6.07) is 0. The number of allylic oxidation sites excluding steroid dienone is 32. The van der Waals surface area contributed by atoms with Gasteiger partial charge in [-0.25, -0.2) is 9.13 Å². The molecule has 0 fully saturated rings. The van der Waals surface area contributed by atoms with Crippen LogP contribution in [0.4, 0.5) is 0 Å². The fourth-order valence-electron chi connectivity index (χ4n) is 8.96. The van der Waals surface area contributed by atoms with Crippen molar-refractivity contribution in [2.24, 2.45) is 0 Å². The van der Waals surface area contributed by atoms with E-state index < -0.39 is 97.5 Å². The first-order valence-electron chi connectivity index (χ1n) is 37.7. The van der Waals surface area contributed by atoms with Gasteiger partial charge in [-0.05, 0) is 173 Å². The van der Waals surface area contributed by atoms with Crippen LogP contribution in [0.25, 0.3) is 0 Å². The number of rotatable bonds is 68. The second-order valence-electron chi connectivity index (χ2n) is 24.1. The molecule has 0 saturated carbocycles. The normalized spacial score (nSPS) is 15.0. The molecule has 574 valence electrons. The molecule has 0 aromatic heterocycles. The number of carbonyl (C=O) groups excluding carboxylic acids is 4. The summed E-state index contributed by atoms with van der Waals surface area (Å²) in [6.45, 7) is 4.18. The van der Waals surface area contributed by atoms with Crippen LogP contribution in [-0.4, -0.2) is 96.7 Å². The number of aliphatic hydroxyl groups excluding tert-OH is 1. The summed E-state index contributed by atoms with van der Waals surface area (Å²) in [5.74, 6) is -2.38. The lowest BCUT2D eigenvalue weighted by atomic mass is 10.1. The van der Waals surface area contributed by atoms with Crippen LogP contribution in [-0.2, 0) is 65.4 Å². The highest BCUT2D eigenvalue weighted by atomic mass is 31.2. The fraction of sp³-hybridized carbons (Fsp3) is 0.566. The predicted molar refractivity (Wildman–Crippen MR) is 417 cm³/mol. The SMILES string of the molecule is CC/C=C\C/C=C\C/C=C\C/C=C\C/C=C\CCCC(=O)OCC(COP(=O)(O)OCC(O)COP(=O)(O)OCC(COC(=O)CCCC/C=C\C/C=C\C/C=C\C/C=C\CC)OC(=O)CCCCCCC/C=C\C/C=C\C/C=C\CC)OC(=O)CCCC/C=C\C/C=C\C/C=C\C/C=C\CC. The highest BCUT2D eigenvalue weighted by Crippen LogP contribution is 2.45. The predicted octanol–water partition coefficient (Wildman–Crippen LogP) is 21.8. The number of phosphoric acid groups is 2. The highest BCUT2D eigenvalue weighted by Gasteiger charge is 2.30. The topological polar surface area (TPSA) is 237 Å². The smallest absolute Gasteiger partial charge is 0.462 e. The number of hydrogen-bond donors (Lipinski definition) is 3. The Morgan fingerprint density at radius 2 is 0.490 bits per heavy atom. The third-order valence-electron chi connectivity index (χ3n) is 14.5. The third kappa shape index (κ3) is 72.3. The van der Waals surface area contributed by atoms with E-state index in [0.29, 0.717) is 38.5 Å². The van der Waals surface area contributed by atoms with Crippen molar-refractivity contribution in [3.63, 3.8) is 0 Å². The van der Waals surface area contributed by atoms with Gasteiger partial charge in [-0.3, -0.25) is 37.3 Å². The maximum Gasteiger partial charge on any atom is 0.472 e. The van der Waals surface area contributed by atoms with Crippen molar-refractivity contribution in [2.75, 3.05) is 39.6 Å². The van der Waals surface area contributed by atoms with Gasteiger partial charge in [-0.1, -0.05) is 241 Å². The molecular formula is C83H130O17P2. The largest absolute Gasteiger partial charge is 0.472 e. The number of hydrogen-bond acceptors (Lipinski definition) is 15. The minimum absolute atomic E-state index is 0.0209. The van der Waals surface area contributed by atoms with Crippen molar-refractivity contribution >= 4 is 39.5 Å².